The summed E-state index contributed by atoms with van der Waals surface area (Å²) in [7, 11) is 0. The van der Waals surface area contributed by atoms with Gasteiger partial charge in [-0.05, 0) is 49.9 Å². The van der Waals surface area contributed by atoms with Crippen LogP contribution in [0.2, 0.25) is 5.02 Å². The van der Waals surface area contributed by atoms with E-state index in [0.29, 0.717) is 23.2 Å². The van der Waals surface area contributed by atoms with Crippen LogP contribution >= 0.6 is 11.6 Å². The predicted molar refractivity (Wildman–Crippen MR) is 72.0 cm³/mol. The summed E-state index contributed by atoms with van der Waals surface area (Å²) < 4.78 is 0. The predicted octanol–water partition coefficient (Wildman–Crippen LogP) is 2.64. The van der Waals surface area contributed by atoms with Gasteiger partial charge in [0.15, 0.2) is 0 Å². The van der Waals surface area contributed by atoms with E-state index in [1.165, 1.54) is 6.42 Å². The van der Waals surface area contributed by atoms with E-state index in [4.69, 9.17) is 16.7 Å². The summed E-state index contributed by atoms with van der Waals surface area (Å²) in [4.78, 5) is 14.2. The van der Waals surface area contributed by atoms with Gasteiger partial charge >= 0.3 is 0 Å². The van der Waals surface area contributed by atoms with E-state index < -0.39 is 0 Å². The lowest BCUT2D eigenvalue weighted by molar-refractivity contribution is 0.0525. The third-order valence-electron chi connectivity index (χ3n) is 3.52. The van der Waals surface area contributed by atoms with Gasteiger partial charge in [-0.1, -0.05) is 11.6 Å². The molecule has 1 aliphatic carbocycles. The molecule has 18 heavy (non-hydrogen) atoms. The summed E-state index contributed by atoms with van der Waals surface area (Å²) in [6, 6.07) is 5.61. The molecule has 1 aromatic rings. The van der Waals surface area contributed by atoms with Gasteiger partial charge in [0.2, 0.25) is 0 Å². The molecule has 98 valence electrons. The minimum absolute atomic E-state index is 0.00600. The molecule has 0 heterocycles. The van der Waals surface area contributed by atoms with E-state index in [9.17, 15) is 4.79 Å². The highest BCUT2D eigenvalue weighted by Gasteiger charge is 2.28. The minimum Gasteiger partial charge on any atom is -0.395 e. The zero-order valence-corrected chi connectivity index (χ0v) is 11.3. The molecular formula is C14H18ClNO2. The molecule has 0 aromatic heterocycles. The summed E-state index contributed by atoms with van der Waals surface area (Å²) >= 11 is 5.96. The molecule has 3 nitrogen and oxygen atoms in total. The second-order valence-corrected chi connectivity index (χ2v) is 5.18. The van der Waals surface area contributed by atoms with Crippen LogP contribution < -0.4 is 0 Å². The third-order valence-corrected chi connectivity index (χ3v) is 3.95. The molecule has 0 unspecified atom stereocenters. The Kier molecular flexibility index (Phi) is 4.25. The molecule has 1 amide bonds. The molecule has 0 aliphatic heterocycles. The molecule has 0 atom stereocenters. The highest BCUT2D eigenvalue weighted by molar-refractivity contribution is 6.31. The lowest BCUT2D eigenvalue weighted by atomic mass is 9.91. The first-order valence-electron chi connectivity index (χ1n) is 6.31. The Labute approximate surface area is 112 Å². The summed E-state index contributed by atoms with van der Waals surface area (Å²) in [5.74, 6) is -0.00600. The van der Waals surface area contributed by atoms with Crippen LogP contribution in [0.15, 0.2) is 18.2 Å². The summed E-state index contributed by atoms with van der Waals surface area (Å²) in [5.41, 5.74) is 1.55. The quantitative estimate of drug-likeness (QED) is 0.911. The van der Waals surface area contributed by atoms with Gasteiger partial charge < -0.3 is 10.0 Å². The average Bonchev–Trinajstić information content (AvgIpc) is 2.29. The van der Waals surface area contributed by atoms with Crippen molar-refractivity contribution in [2.75, 3.05) is 13.2 Å². The maximum absolute atomic E-state index is 12.4. The molecule has 1 fully saturated rings. The molecule has 0 saturated heterocycles. The zero-order chi connectivity index (χ0) is 13.1. The van der Waals surface area contributed by atoms with Crippen molar-refractivity contribution in [3.05, 3.63) is 34.3 Å². The minimum atomic E-state index is -0.00600. The second kappa shape index (κ2) is 5.72. The molecular weight excluding hydrogens is 250 g/mol. The number of rotatable bonds is 4. The molecule has 4 heteroatoms. The number of aliphatic hydroxyl groups is 1. The number of amides is 1. The fraction of sp³-hybridized carbons (Fsp3) is 0.500. The van der Waals surface area contributed by atoms with Crippen molar-refractivity contribution in [3.63, 3.8) is 0 Å². The molecule has 0 spiro atoms. The average molecular weight is 268 g/mol. The van der Waals surface area contributed by atoms with Crippen molar-refractivity contribution >= 4 is 17.5 Å². The van der Waals surface area contributed by atoms with Crippen molar-refractivity contribution in [2.24, 2.45) is 0 Å². The Morgan fingerprint density at radius 1 is 1.50 bits per heavy atom. The SMILES string of the molecule is Cc1cc(C(=O)N(CCO)C2CCC2)ccc1Cl. The third kappa shape index (κ3) is 2.68. The van der Waals surface area contributed by atoms with Crippen LogP contribution in [0.1, 0.15) is 35.2 Å². The number of carbonyl (C=O) groups excluding carboxylic acids is 1. The Bertz CT molecular complexity index is 443. The summed E-state index contributed by atoms with van der Waals surface area (Å²) in [6.07, 6.45) is 3.25. The summed E-state index contributed by atoms with van der Waals surface area (Å²) in [5, 5.41) is 9.75. The van der Waals surface area contributed by atoms with Crippen LogP contribution in [0.5, 0.6) is 0 Å². The summed E-state index contributed by atoms with van der Waals surface area (Å²) in [6.45, 7) is 2.30. The molecule has 1 aromatic carbocycles. The van der Waals surface area contributed by atoms with Gasteiger partial charge in [0.1, 0.15) is 0 Å². The van der Waals surface area contributed by atoms with Crippen molar-refractivity contribution < 1.29 is 9.90 Å². The Hall–Kier alpha value is -1.06. The first-order valence-corrected chi connectivity index (χ1v) is 6.69. The van der Waals surface area contributed by atoms with Crippen LogP contribution in [0.4, 0.5) is 0 Å². The van der Waals surface area contributed by atoms with Gasteiger partial charge in [0.05, 0.1) is 6.61 Å². The van der Waals surface area contributed by atoms with Crippen LogP contribution in [-0.2, 0) is 0 Å². The fourth-order valence-electron chi connectivity index (χ4n) is 2.20. The van der Waals surface area contributed by atoms with Crippen molar-refractivity contribution in [3.8, 4) is 0 Å². The maximum atomic E-state index is 12.4. The van der Waals surface area contributed by atoms with Gasteiger partial charge in [-0.2, -0.15) is 0 Å². The normalized spacial score (nSPS) is 15.3. The van der Waals surface area contributed by atoms with E-state index in [2.05, 4.69) is 0 Å². The van der Waals surface area contributed by atoms with Gasteiger partial charge in [0, 0.05) is 23.2 Å². The van der Waals surface area contributed by atoms with Crippen molar-refractivity contribution in [2.45, 2.75) is 32.2 Å². The molecule has 1 aliphatic rings. The van der Waals surface area contributed by atoms with E-state index in [-0.39, 0.29) is 12.5 Å². The largest absolute Gasteiger partial charge is 0.395 e. The molecule has 1 saturated carbocycles. The highest BCUT2D eigenvalue weighted by atomic mass is 35.5. The monoisotopic (exact) mass is 267 g/mol. The highest BCUT2D eigenvalue weighted by Crippen LogP contribution is 2.26. The van der Waals surface area contributed by atoms with E-state index >= 15 is 0 Å². The Morgan fingerprint density at radius 2 is 2.22 bits per heavy atom. The maximum Gasteiger partial charge on any atom is 0.254 e. The fourth-order valence-corrected chi connectivity index (χ4v) is 2.32. The van der Waals surface area contributed by atoms with Crippen LogP contribution in [-0.4, -0.2) is 35.1 Å². The Balaban J connectivity index is 2.18. The first-order chi connectivity index (χ1) is 8.63. The lowest BCUT2D eigenvalue weighted by Crippen LogP contribution is -2.45. The van der Waals surface area contributed by atoms with E-state index in [0.717, 1.165) is 18.4 Å². The molecule has 2 rings (SSSR count). The first kappa shape index (κ1) is 13.4. The van der Waals surface area contributed by atoms with Crippen molar-refractivity contribution in [1.82, 2.24) is 4.90 Å². The number of nitrogens with zero attached hydrogens (tertiary/aromatic N) is 1. The number of aliphatic hydroxyl groups excluding tert-OH is 1. The van der Waals surface area contributed by atoms with E-state index in [1.807, 2.05) is 13.0 Å². The smallest absolute Gasteiger partial charge is 0.254 e. The van der Waals surface area contributed by atoms with Gasteiger partial charge in [-0.3, -0.25) is 4.79 Å². The molecule has 1 N–H and O–H groups in total. The number of hydrogen-bond donors (Lipinski definition) is 1. The number of halogens is 1. The zero-order valence-electron chi connectivity index (χ0n) is 10.5. The lowest BCUT2D eigenvalue weighted by Gasteiger charge is -2.37. The van der Waals surface area contributed by atoms with Crippen LogP contribution in [0.25, 0.3) is 0 Å². The van der Waals surface area contributed by atoms with Crippen molar-refractivity contribution in [1.29, 1.82) is 0 Å². The van der Waals surface area contributed by atoms with Crippen LogP contribution in [0, 0.1) is 6.92 Å². The van der Waals surface area contributed by atoms with Gasteiger partial charge in [-0.15, -0.1) is 0 Å². The standard InChI is InChI=1S/C14H18ClNO2/c1-10-9-11(5-6-13(10)15)14(18)16(7-8-17)12-3-2-4-12/h5-6,9,12,17H,2-4,7-8H2,1H3. The number of benzene rings is 1. The molecule has 0 radical (unpaired) electrons. The van der Waals surface area contributed by atoms with Gasteiger partial charge in [-0.25, -0.2) is 0 Å². The van der Waals surface area contributed by atoms with Gasteiger partial charge in [0.25, 0.3) is 5.91 Å². The molecule has 0 bridgehead atoms. The number of hydrogen-bond acceptors (Lipinski definition) is 2. The Morgan fingerprint density at radius 3 is 2.72 bits per heavy atom. The van der Waals surface area contributed by atoms with E-state index in [1.54, 1.807) is 17.0 Å². The number of aryl methyl sites for hydroxylation is 1. The number of carbonyl (C=O) groups is 1. The topological polar surface area (TPSA) is 40.5 Å². The second-order valence-electron chi connectivity index (χ2n) is 4.77. The van der Waals surface area contributed by atoms with Crippen LogP contribution in [0.3, 0.4) is 0 Å².